The lowest BCUT2D eigenvalue weighted by Crippen LogP contribution is -2.47. The van der Waals surface area contributed by atoms with Gasteiger partial charge in [0.15, 0.2) is 11.5 Å². The summed E-state index contributed by atoms with van der Waals surface area (Å²) in [4.78, 5) is 16.5. The summed E-state index contributed by atoms with van der Waals surface area (Å²) in [6, 6.07) is 10.0. The van der Waals surface area contributed by atoms with Gasteiger partial charge in [-0.1, -0.05) is 18.2 Å². The molecular weight excluding hydrogens is 326 g/mol. The second-order valence-corrected chi connectivity index (χ2v) is 6.47. The Morgan fingerprint density at radius 1 is 1.12 bits per heavy atom. The number of hydrogen-bond donors (Lipinski definition) is 1. The van der Waals surface area contributed by atoms with E-state index >= 15 is 0 Å². The van der Waals surface area contributed by atoms with Gasteiger partial charge in [-0.3, -0.25) is 4.79 Å². The number of carbonyl (C=O) groups is 1. The van der Waals surface area contributed by atoms with Gasteiger partial charge in [0.05, 0.1) is 0 Å². The zero-order valence-electron chi connectivity index (χ0n) is 15.4. The lowest BCUT2D eigenvalue weighted by Gasteiger charge is -2.37. The first kappa shape index (κ1) is 17.9. The van der Waals surface area contributed by atoms with Crippen LogP contribution in [0.2, 0.25) is 0 Å². The summed E-state index contributed by atoms with van der Waals surface area (Å²) < 4.78 is 0. The maximum atomic E-state index is 11.9. The summed E-state index contributed by atoms with van der Waals surface area (Å²) in [6.07, 6.45) is 1.63. The Balaban J connectivity index is 1.62. The summed E-state index contributed by atoms with van der Waals surface area (Å²) in [5.74, 6) is 0.578. The van der Waals surface area contributed by atoms with E-state index in [1.54, 1.807) is 12.1 Å². The molecule has 6 heteroatoms. The van der Waals surface area contributed by atoms with Crippen LogP contribution in [0.25, 0.3) is 0 Å². The fourth-order valence-corrected chi connectivity index (χ4v) is 3.13. The summed E-state index contributed by atoms with van der Waals surface area (Å²) in [6.45, 7) is 12.0. The van der Waals surface area contributed by atoms with Crippen LogP contribution in [0.1, 0.15) is 21.6 Å². The summed E-state index contributed by atoms with van der Waals surface area (Å²) in [7, 11) is 0. The minimum absolute atomic E-state index is 0.233. The monoisotopic (exact) mass is 351 g/mol. The minimum Gasteiger partial charge on any atom is -0.368 e. The average molecular weight is 351 g/mol. The molecule has 1 aromatic carbocycles. The highest BCUT2D eigenvalue weighted by atomic mass is 16.1. The molecule has 0 atom stereocenters. The molecule has 1 saturated heterocycles. The molecule has 26 heavy (non-hydrogen) atoms. The maximum Gasteiger partial charge on any atom is 0.272 e. The summed E-state index contributed by atoms with van der Waals surface area (Å²) in [5, 5.41) is 11.0. The van der Waals surface area contributed by atoms with Crippen molar-refractivity contribution < 1.29 is 4.79 Å². The Morgan fingerprint density at radius 3 is 2.50 bits per heavy atom. The number of aromatic nitrogens is 2. The van der Waals surface area contributed by atoms with E-state index < -0.39 is 0 Å². The van der Waals surface area contributed by atoms with Crippen molar-refractivity contribution in [3.05, 3.63) is 59.8 Å². The van der Waals surface area contributed by atoms with Crippen LogP contribution in [0.3, 0.4) is 0 Å². The van der Waals surface area contributed by atoms with Crippen molar-refractivity contribution >= 4 is 17.4 Å². The Labute approximate surface area is 154 Å². The van der Waals surface area contributed by atoms with Crippen molar-refractivity contribution in [3.8, 4) is 0 Å². The van der Waals surface area contributed by atoms with Crippen LogP contribution in [0.5, 0.6) is 0 Å². The molecule has 1 aliphatic heterocycles. The number of hydrogen-bond acceptors (Lipinski definition) is 5. The van der Waals surface area contributed by atoms with Gasteiger partial charge in [0.1, 0.15) is 0 Å². The van der Waals surface area contributed by atoms with Gasteiger partial charge in [0.25, 0.3) is 5.91 Å². The molecular formula is C20H25N5O. The molecule has 1 aromatic heterocycles. The predicted molar refractivity (Wildman–Crippen MR) is 105 cm³/mol. The Hall–Kier alpha value is -2.89. The largest absolute Gasteiger partial charge is 0.368 e. The number of rotatable bonds is 5. The molecule has 0 unspecified atom stereocenters. The van der Waals surface area contributed by atoms with Gasteiger partial charge < -0.3 is 15.1 Å². The maximum absolute atomic E-state index is 11.9. The molecule has 1 amide bonds. The average Bonchev–Trinajstić information content (AvgIpc) is 2.68. The highest BCUT2D eigenvalue weighted by molar-refractivity contribution is 5.92. The number of amides is 1. The van der Waals surface area contributed by atoms with Crippen molar-refractivity contribution in [1.82, 2.24) is 15.5 Å². The van der Waals surface area contributed by atoms with Gasteiger partial charge in [-0.15, -0.1) is 16.8 Å². The third-order valence-electron chi connectivity index (χ3n) is 4.81. The smallest absolute Gasteiger partial charge is 0.272 e. The number of nitrogens with one attached hydrogen (secondary N) is 1. The fraction of sp³-hybridized carbons (Fsp3) is 0.350. The molecule has 0 saturated carbocycles. The lowest BCUT2D eigenvalue weighted by atomic mass is 10.1. The fourth-order valence-electron chi connectivity index (χ4n) is 3.13. The predicted octanol–water partition coefficient (Wildman–Crippen LogP) is 2.34. The molecule has 2 heterocycles. The second kappa shape index (κ2) is 7.99. The van der Waals surface area contributed by atoms with Crippen molar-refractivity contribution in [1.29, 1.82) is 0 Å². The van der Waals surface area contributed by atoms with E-state index in [0.717, 1.165) is 32.0 Å². The van der Waals surface area contributed by atoms with Gasteiger partial charge in [-0.25, -0.2) is 0 Å². The number of carbonyl (C=O) groups excluding carboxylic acids is 1. The molecule has 0 spiro atoms. The standard InChI is InChI=1S/C20H25N5O/c1-4-10-21-20(26)17-8-9-19(23-22-17)25-13-11-24(12-14-25)18-7-5-6-15(2)16(18)3/h4-9H,1,10-14H2,2-3H3,(H,21,26). The van der Waals surface area contributed by atoms with Crippen molar-refractivity contribution in [2.45, 2.75) is 13.8 Å². The van der Waals surface area contributed by atoms with E-state index in [-0.39, 0.29) is 5.91 Å². The molecule has 3 rings (SSSR count). The first-order valence-electron chi connectivity index (χ1n) is 8.89. The molecule has 0 radical (unpaired) electrons. The third-order valence-corrected chi connectivity index (χ3v) is 4.81. The first-order valence-corrected chi connectivity index (χ1v) is 8.89. The highest BCUT2D eigenvalue weighted by Crippen LogP contribution is 2.24. The SMILES string of the molecule is C=CCNC(=O)c1ccc(N2CCN(c3cccc(C)c3C)CC2)nn1. The number of aryl methyl sites for hydroxylation is 1. The van der Waals surface area contributed by atoms with Crippen molar-refractivity contribution in [3.63, 3.8) is 0 Å². The Bertz CT molecular complexity index is 779. The lowest BCUT2D eigenvalue weighted by molar-refractivity contribution is 0.0952. The van der Waals surface area contributed by atoms with Gasteiger partial charge in [0, 0.05) is 38.4 Å². The highest BCUT2D eigenvalue weighted by Gasteiger charge is 2.20. The zero-order valence-corrected chi connectivity index (χ0v) is 15.4. The van der Waals surface area contributed by atoms with Crippen LogP contribution in [0.4, 0.5) is 11.5 Å². The van der Waals surface area contributed by atoms with Crippen molar-refractivity contribution in [2.24, 2.45) is 0 Å². The topological polar surface area (TPSA) is 61.4 Å². The molecule has 1 N–H and O–H groups in total. The van der Waals surface area contributed by atoms with E-state index in [2.05, 4.69) is 63.9 Å². The van der Waals surface area contributed by atoms with Crippen LogP contribution in [-0.4, -0.2) is 48.8 Å². The summed E-state index contributed by atoms with van der Waals surface area (Å²) in [5.41, 5.74) is 4.30. The second-order valence-electron chi connectivity index (χ2n) is 6.47. The van der Waals surface area contributed by atoms with Crippen molar-refractivity contribution in [2.75, 3.05) is 42.5 Å². The molecule has 1 fully saturated rings. The minimum atomic E-state index is -0.233. The van der Waals surface area contributed by atoms with Gasteiger partial charge in [0.2, 0.25) is 0 Å². The number of piperazine rings is 1. The quantitative estimate of drug-likeness (QED) is 0.838. The molecule has 0 bridgehead atoms. The van der Waals surface area contributed by atoms with E-state index in [1.807, 2.05) is 6.07 Å². The summed E-state index contributed by atoms with van der Waals surface area (Å²) >= 11 is 0. The van der Waals surface area contributed by atoms with Gasteiger partial charge in [-0.2, -0.15) is 0 Å². The van der Waals surface area contributed by atoms with E-state index in [1.165, 1.54) is 16.8 Å². The van der Waals surface area contributed by atoms with Gasteiger partial charge >= 0.3 is 0 Å². The number of nitrogens with zero attached hydrogens (tertiary/aromatic N) is 4. The molecule has 6 nitrogen and oxygen atoms in total. The van der Waals surface area contributed by atoms with Crippen LogP contribution < -0.4 is 15.1 Å². The molecule has 136 valence electrons. The molecule has 0 aliphatic carbocycles. The first-order chi connectivity index (χ1) is 12.6. The number of anilines is 2. The molecule has 1 aliphatic rings. The third kappa shape index (κ3) is 3.85. The van der Waals surface area contributed by atoms with Crippen LogP contribution in [-0.2, 0) is 0 Å². The Kier molecular flexibility index (Phi) is 5.51. The molecule has 2 aromatic rings. The van der Waals surface area contributed by atoms with E-state index in [4.69, 9.17) is 0 Å². The van der Waals surface area contributed by atoms with Gasteiger partial charge in [-0.05, 0) is 43.2 Å². The number of benzene rings is 1. The Morgan fingerprint density at radius 2 is 1.85 bits per heavy atom. The normalized spacial score (nSPS) is 14.2. The van der Waals surface area contributed by atoms with Crippen LogP contribution in [0, 0.1) is 13.8 Å². The van der Waals surface area contributed by atoms with E-state index in [0.29, 0.717) is 12.2 Å². The van der Waals surface area contributed by atoms with E-state index in [9.17, 15) is 4.79 Å². The van der Waals surface area contributed by atoms with Crippen LogP contribution in [0.15, 0.2) is 43.0 Å². The van der Waals surface area contributed by atoms with Crippen LogP contribution >= 0.6 is 0 Å². The zero-order chi connectivity index (χ0) is 18.5.